The summed E-state index contributed by atoms with van der Waals surface area (Å²) < 4.78 is 5.80. The lowest BCUT2D eigenvalue weighted by Crippen LogP contribution is -2.38. The monoisotopic (exact) mass is 300 g/mol. The van der Waals surface area contributed by atoms with Gasteiger partial charge in [0.2, 0.25) is 0 Å². The number of hydrogen-bond acceptors (Lipinski definition) is 5. The third-order valence-electron chi connectivity index (χ3n) is 3.89. The molecule has 6 nitrogen and oxygen atoms in total. The summed E-state index contributed by atoms with van der Waals surface area (Å²) in [6, 6.07) is 3.58. The van der Waals surface area contributed by atoms with E-state index in [1.54, 1.807) is 6.92 Å². The number of H-pyrrole nitrogens is 1. The van der Waals surface area contributed by atoms with Gasteiger partial charge in [-0.3, -0.25) is 14.7 Å². The fourth-order valence-electron chi connectivity index (χ4n) is 2.71. The molecule has 0 bridgehead atoms. The first-order valence-electron chi connectivity index (χ1n) is 7.43. The molecule has 0 aliphatic carbocycles. The lowest BCUT2D eigenvalue weighted by molar-refractivity contribution is -0.0352. The van der Waals surface area contributed by atoms with Crippen LogP contribution in [-0.4, -0.2) is 39.5 Å². The molecular formula is C16H20N4O2. The number of aromatic amines is 1. The molecule has 1 aliphatic rings. The second kappa shape index (κ2) is 6.37. The van der Waals surface area contributed by atoms with Crippen LogP contribution >= 0.6 is 0 Å². The van der Waals surface area contributed by atoms with Gasteiger partial charge in [0.1, 0.15) is 11.9 Å². The lowest BCUT2D eigenvalue weighted by atomic mass is 10.1. The smallest absolute Gasteiger partial charge is 0.251 e. The van der Waals surface area contributed by atoms with E-state index in [1.807, 2.05) is 12.4 Å². The molecule has 0 amide bonds. The van der Waals surface area contributed by atoms with Gasteiger partial charge >= 0.3 is 0 Å². The molecule has 3 heterocycles. The van der Waals surface area contributed by atoms with Gasteiger partial charge in [-0.25, -0.2) is 4.98 Å². The van der Waals surface area contributed by atoms with Crippen LogP contribution in [-0.2, 0) is 11.3 Å². The molecule has 2 aromatic heterocycles. The summed E-state index contributed by atoms with van der Waals surface area (Å²) in [5.41, 5.74) is 3.03. The highest BCUT2D eigenvalue weighted by Crippen LogP contribution is 2.21. The molecule has 1 saturated heterocycles. The van der Waals surface area contributed by atoms with E-state index >= 15 is 0 Å². The number of hydrogen-bond donors (Lipinski definition) is 1. The van der Waals surface area contributed by atoms with E-state index in [1.165, 1.54) is 17.2 Å². The van der Waals surface area contributed by atoms with Crippen molar-refractivity contribution in [2.24, 2.45) is 0 Å². The first-order valence-corrected chi connectivity index (χ1v) is 7.43. The molecular weight excluding hydrogens is 280 g/mol. The van der Waals surface area contributed by atoms with Crippen molar-refractivity contribution < 1.29 is 4.74 Å². The topological polar surface area (TPSA) is 71.1 Å². The maximum absolute atomic E-state index is 11.6. The van der Waals surface area contributed by atoms with Crippen LogP contribution in [0.5, 0.6) is 0 Å². The summed E-state index contributed by atoms with van der Waals surface area (Å²) in [7, 11) is 0. The minimum atomic E-state index is -0.156. The van der Waals surface area contributed by atoms with Gasteiger partial charge in [-0.1, -0.05) is 0 Å². The summed E-state index contributed by atoms with van der Waals surface area (Å²) in [5.74, 6) is 0.619. The number of nitrogens with zero attached hydrogens (tertiary/aromatic N) is 3. The average Bonchev–Trinajstić information content (AvgIpc) is 2.49. The Morgan fingerprint density at radius 2 is 2.32 bits per heavy atom. The molecule has 1 N–H and O–H groups in total. The zero-order chi connectivity index (χ0) is 15.5. The first-order chi connectivity index (χ1) is 10.6. The maximum atomic E-state index is 11.6. The zero-order valence-electron chi connectivity index (χ0n) is 12.9. The maximum Gasteiger partial charge on any atom is 0.251 e. The second-order valence-corrected chi connectivity index (χ2v) is 5.65. The zero-order valence-corrected chi connectivity index (χ0v) is 12.9. The van der Waals surface area contributed by atoms with Crippen molar-refractivity contribution in [3.8, 4) is 0 Å². The summed E-state index contributed by atoms with van der Waals surface area (Å²) in [5, 5.41) is 0. The molecule has 0 aromatic carbocycles. The van der Waals surface area contributed by atoms with Crippen LogP contribution in [0.4, 0.5) is 0 Å². The molecule has 1 atom stereocenters. The second-order valence-electron chi connectivity index (χ2n) is 5.65. The van der Waals surface area contributed by atoms with Crippen molar-refractivity contribution in [3.63, 3.8) is 0 Å². The minimum Gasteiger partial charge on any atom is -0.369 e. The Balaban J connectivity index is 1.74. The van der Waals surface area contributed by atoms with Crippen molar-refractivity contribution in [3.05, 3.63) is 57.5 Å². The Morgan fingerprint density at radius 3 is 3.09 bits per heavy atom. The lowest BCUT2D eigenvalue weighted by Gasteiger charge is -2.32. The van der Waals surface area contributed by atoms with Gasteiger partial charge in [0, 0.05) is 38.1 Å². The number of morpholine rings is 1. The molecule has 6 heteroatoms. The van der Waals surface area contributed by atoms with Crippen molar-refractivity contribution in [1.29, 1.82) is 0 Å². The van der Waals surface area contributed by atoms with E-state index < -0.39 is 0 Å². The molecule has 2 aromatic rings. The number of nitrogens with one attached hydrogen (secondary N) is 1. The summed E-state index contributed by atoms with van der Waals surface area (Å²) >= 11 is 0. The van der Waals surface area contributed by atoms with Gasteiger partial charge in [-0.05, 0) is 31.0 Å². The van der Waals surface area contributed by atoms with Crippen molar-refractivity contribution in [2.45, 2.75) is 26.5 Å². The first kappa shape index (κ1) is 14.9. The predicted octanol–water partition coefficient (Wildman–Crippen LogP) is 1.36. The van der Waals surface area contributed by atoms with Crippen LogP contribution < -0.4 is 5.56 Å². The molecule has 22 heavy (non-hydrogen) atoms. The standard InChI is InChI=1S/C16H20N4O2/c1-11-8-17-4-3-13(11)9-20-5-6-22-15(10-20)14-7-16(21)19-12(2)18-14/h3-4,7-8,15H,5-6,9-10H2,1-2H3,(H,18,19,21)/t15-/m1/s1. The van der Waals surface area contributed by atoms with Crippen LogP contribution in [0.3, 0.4) is 0 Å². The molecule has 116 valence electrons. The van der Waals surface area contributed by atoms with Crippen molar-refractivity contribution in [2.75, 3.05) is 19.7 Å². The van der Waals surface area contributed by atoms with Gasteiger partial charge in [0.05, 0.1) is 12.3 Å². The Labute approximate surface area is 129 Å². The summed E-state index contributed by atoms with van der Waals surface area (Å²) in [6.45, 7) is 6.96. The van der Waals surface area contributed by atoms with Crippen LogP contribution in [0.1, 0.15) is 28.7 Å². The normalized spacial score (nSPS) is 19.3. The summed E-state index contributed by atoms with van der Waals surface area (Å²) in [4.78, 5) is 25.1. The molecule has 1 fully saturated rings. The van der Waals surface area contributed by atoms with Crippen molar-refractivity contribution in [1.82, 2.24) is 19.9 Å². The van der Waals surface area contributed by atoms with Gasteiger partial charge in [-0.2, -0.15) is 0 Å². The van der Waals surface area contributed by atoms with Crippen molar-refractivity contribution >= 4 is 0 Å². The van der Waals surface area contributed by atoms with Gasteiger partial charge in [0.15, 0.2) is 0 Å². The Hall–Kier alpha value is -2.05. The van der Waals surface area contributed by atoms with E-state index in [0.29, 0.717) is 18.1 Å². The van der Waals surface area contributed by atoms with Crippen LogP contribution in [0.2, 0.25) is 0 Å². The predicted molar refractivity (Wildman–Crippen MR) is 82.5 cm³/mol. The molecule has 3 rings (SSSR count). The van der Waals surface area contributed by atoms with Crippen LogP contribution in [0.15, 0.2) is 29.3 Å². The van der Waals surface area contributed by atoms with E-state index in [4.69, 9.17) is 4.74 Å². The number of aryl methyl sites for hydroxylation is 2. The van der Waals surface area contributed by atoms with Gasteiger partial charge in [-0.15, -0.1) is 0 Å². The molecule has 1 aliphatic heterocycles. The quantitative estimate of drug-likeness (QED) is 0.926. The third-order valence-corrected chi connectivity index (χ3v) is 3.89. The number of ether oxygens (including phenoxy) is 1. The van der Waals surface area contributed by atoms with Crippen LogP contribution in [0, 0.1) is 13.8 Å². The minimum absolute atomic E-state index is 0.131. The van der Waals surface area contributed by atoms with E-state index in [2.05, 4.69) is 32.8 Å². The van der Waals surface area contributed by atoms with Gasteiger partial charge in [0.25, 0.3) is 5.56 Å². The number of rotatable bonds is 3. The largest absolute Gasteiger partial charge is 0.369 e. The Kier molecular flexibility index (Phi) is 4.31. The Morgan fingerprint density at radius 1 is 1.45 bits per heavy atom. The molecule has 0 saturated carbocycles. The fourth-order valence-corrected chi connectivity index (χ4v) is 2.71. The van der Waals surface area contributed by atoms with E-state index in [9.17, 15) is 4.79 Å². The Bertz CT molecular complexity index is 713. The SMILES string of the molecule is Cc1nc([C@H]2CN(Cc3ccncc3C)CCO2)cc(=O)[nH]1. The third kappa shape index (κ3) is 3.40. The molecule has 0 radical (unpaired) electrons. The van der Waals surface area contributed by atoms with Gasteiger partial charge < -0.3 is 9.72 Å². The highest BCUT2D eigenvalue weighted by atomic mass is 16.5. The highest BCUT2D eigenvalue weighted by molar-refractivity contribution is 5.21. The molecule has 0 spiro atoms. The number of aromatic nitrogens is 3. The highest BCUT2D eigenvalue weighted by Gasteiger charge is 2.24. The fraction of sp³-hybridized carbons (Fsp3) is 0.438. The average molecular weight is 300 g/mol. The van der Waals surface area contributed by atoms with Crippen LogP contribution in [0.25, 0.3) is 0 Å². The summed E-state index contributed by atoms with van der Waals surface area (Å²) in [6.07, 6.45) is 3.55. The van der Waals surface area contributed by atoms with E-state index in [0.717, 1.165) is 19.6 Å². The van der Waals surface area contributed by atoms with E-state index in [-0.39, 0.29) is 11.7 Å². The molecule has 0 unspecified atom stereocenters. The number of pyridine rings is 1.